The summed E-state index contributed by atoms with van der Waals surface area (Å²) >= 11 is 1.63. The van der Waals surface area contributed by atoms with Crippen LogP contribution in [-0.2, 0) is 0 Å². The van der Waals surface area contributed by atoms with Gasteiger partial charge in [0.2, 0.25) is 0 Å². The molecule has 0 saturated carbocycles. The third kappa shape index (κ3) is 2.45. The van der Waals surface area contributed by atoms with Gasteiger partial charge in [-0.25, -0.2) is 9.97 Å². The molecule has 0 aromatic carbocycles. The SMILES string of the molecule is Cc1sc2ncnc(NCC(C)(O)CO)c2c1C. The van der Waals surface area contributed by atoms with Crippen LogP contribution in [0.15, 0.2) is 6.33 Å². The molecule has 2 aromatic rings. The van der Waals surface area contributed by atoms with Crippen LogP contribution >= 0.6 is 11.3 Å². The highest BCUT2D eigenvalue weighted by molar-refractivity contribution is 7.18. The van der Waals surface area contributed by atoms with Gasteiger partial charge in [-0.15, -0.1) is 11.3 Å². The van der Waals surface area contributed by atoms with Gasteiger partial charge in [-0.1, -0.05) is 0 Å². The van der Waals surface area contributed by atoms with Crippen molar-refractivity contribution in [1.82, 2.24) is 9.97 Å². The average Bonchev–Trinajstić information content (AvgIpc) is 2.63. The second-order valence-corrected chi connectivity index (χ2v) is 5.90. The van der Waals surface area contributed by atoms with E-state index in [1.807, 2.05) is 6.92 Å². The van der Waals surface area contributed by atoms with E-state index in [0.717, 1.165) is 15.8 Å². The normalized spacial score (nSPS) is 14.7. The van der Waals surface area contributed by atoms with Crippen molar-refractivity contribution in [3.63, 3.8) is 0 Å². The zero-order valence-electron chi connectivity index (χ0n) is 10.7. The lowest BCUT2D eigenvalue weighted by molar-refractivity contribution is 0.0132. The van der Waals surface area contributed by atoms with Crippen molar-refractivity contribution in [2.24, 2.45) is 0 Å². The van der Waals surface area contributed by atoms with Crippen LogP contribution in [0, 0.1) is 13.8 Å². The number of anilines is 1. The third-order valence-electron chi connectivity index (χ3n) is 2.94. The van der Waals surface area contributed by atoms with E-state index in [1.54, 1.807) is 18.3 Å². The number of fused-ring (bicyclic) bond motifs is 1. The molecule has 3 N–H and O–H groups in total. The van der Waals surface area contributed by atoms with Crippen molar-refractivity contribution < 1.29 is 10.2 Å². The fourth-order valence-corrected chi connectivity index (χ4v) is 2.64. The van der Waals surface area contributed by atoms with E-state index in [9.17, 15) is 5.11 Å². The van der Waals surface area contributed by atoms with Gasteiger partial charge in [-0.2, -0.15) is 0 Å². The number of nitrogens with one attached hydrogen (secondary N) is 1. The summed E-state index contributed by atoms with van der Waals surface area (Å²) in [7, 11) is 0. The largest absolute Gasteiger partial charge is 0.393 e. The summed E-state index contributed by atoms with van der Waals surface area (Å²) in [5, 5.41) is 22.9. The van der Waals surface area contributed by atoms with Crippen LogP contribution in [-0.4, -0.2) is 38.9 Å². The maximum absolute atomic E-state index is 9.78. The molecule has 98 valence electrons. The molecule has 0 amide bonds. The Balaban J connectivity index is 2.34. The molecular weight excluding hydrogens is 250 g/mol. The molecule has 0 bridgehead atoms. The highest BCUT2D eigenvalue weighted by Gasteiger charge is 2.20. The Morgan fingerprint density at radius 1 is 1.39 bits per heavy atom. The van der Waals surface area contributed by atoms with Crippen molar-refractivity contribution in [2.45, 2.75) is 26.4 Å². The summed E-state index contributed by atoms with van der Waals surface area (Å²) in [6.45, 7) is 5.60. The van der Waals surface area contributed by atoms with Gasteiger partial charge in [-0.05, 0) is 26.3 Å². The van der Waals surface area contributed by atoms with E-state index >= 15 is 0 Å². The Hall–Kier alpha value is -1.24. The van der Waals surface area contributed by atoms with E-state index < -0.39 is 5.60 Å². The topological polar surface area (TPSA) is 78.3 Å². The second-order valence-electron chi connectivity index (χ2n) is 4.69. The number of thiophene rings is 1. The predicted octanol–water partition coefficient (Wildman–Crippen LogP) is 1.46. The number of nitrogens with zero attached hydrogens (tertiary/aromatic N) is 2. The van der Waals surface area contributed by atoms with E-state index in [0.29, 0.717) is 5.82 Å². The second kappa shape index (κ2) is 4.79. The molecule has 0 saturated heterocycles. The van der Waals surface area contributed by atoms with Gasteiger partial charge in [0.25, 0.3) is 0 Å². The summed E-state index contributed by atoms with van der Waals surface area (Å²) in [6, 6.07) is 0. The van der Waals surface area contributed by atoms with Crippen LogP contribution in [0.25, 0.3) is 10.2 Å². The number of aryl methyl sites for hydroxylation is 2. The first-order valence-corrected chi connectivity index (χ1v) is 6.54. The van der Waals surface area contributed by atoms with Crippen LogP contribution in [0.3, 0.4) is 0 Å². The maximum atomic E-state index is 9.78. The molecule has 0 aliphatic carbocycles. The summed E-state index contributed by atoms with van der Waals surface area (Å²) in [5.74, 6) is 0.704. The van der Waals surface area contributed by atoms with E-state index in [-0.39, 0.29) is 13.2 Å². The highest BCUT2D eigenvalue weighted by atomic mass is 32.1. The zero-order chi connectivity index (χ0) is 13.3. The molecule has 0 aliphatic rings. The lowest BCUT2D eigenvalue weighted by Crippen LogP contribution is -2.37. The van der Waals surface area contributed by atoms with Gasteiger partial charge in [0.1, 0.15) is 22.6 Å². The Morgan fingerprint density at radius 2 is 2.11 bits per heavy atom. The van der Waals surface area contributed by atoms with Gasteiger partial charge in [-0.3, -0.25) is 0 Å². The van der Waals surface area contributed by atoms with Crippen molar-refractivity contribution in [3.8, 4) is 0 Å². The third-order valence-corrected chi connectivity index (χ3v) is 4.06. The Morgan fingerprint density at radius 3 is 2.78 bits per heavy atom. The standard InChI is InChI=1S/C12H17N3O2S/c1-7-8(2)18-11-9(7)10(14-6-15-11)13-4-12(3,17)5-16/h6,16-17H,4-5H2,1-3H3,(H,13,14,15). The number of hydrogen-bond donors (Lipinski definition) is 3. The summed E-state index contributed by atoms with van der Waals surface area (Å²) in [5.41, 5.74) is -0.00211. The lowest BCUT2D eigenvalue weighted by atomic mass is 10.1. The number of hydrogen-bond acceptors (Lipinski definition) is 6. The van der Waals surface area contributed by atoms with E-state index in [4.69, 9.17) is 5.11 Å². The first-order chi connectivity index (χ1) is 8.44. The van der Waals surface area contributed by atoms with E-state index in [1.165, 1.54) is 11.2 Å². The molecule has 2 aromatic heterocycles. The monoisotopic (exact) mass is 267 g/mol. The van der Waals surface area contributed by atoms with Crippen LogP contribution in [0.1, 0.15) is 17.4 Å². The molecule has 2 rings (SSSR count). The fourth-order valence-electron chi connectivity index (χ4n) is 1.65. The number of rotatable bonds is 4. The van der Waals surface area contributed by atoms with Crippen LogP contribution < -0.4 is 5.32 Å². The Kier molecular flexibility index (Phi) is 3.52. The van der Waals surface area contributed by atoms with Crippen LogP contribution in [0.4, 0.5) is 5.82 Å². The van der Waals surface area contributed by atoms with Crippen molar-refractivity contribution in [2.75, 3.05) is 18.5 Å². The van der Waals surface area contributed by atoms with Gasteiger partial charge in [0.05, 0.1) is 12.0 Å². The van der Waals surface area contributed by atoms with E-state index in [2.05, 4.69) is 22.2 Å². The van der Waals surface area contributed by atoms with Crippen LogP contribution in [0.5, 0.6) is 0 Å². The fraction of sp³-hybridized carbons (Fsp3) is 0.500. The summed E-state index contributed by atoms with van der Waals surface area (Å²) in [4.78, 5) is 10.6. The lowest BCUT2D eigenvalue weighted by Gasteiger charge is -2.21. The molecule has 2 heterocycles. The first kappa shape index (κ1) is 13.2. The molecule has 6 heteroatoms. The molecule has 0 aliphatic heterocycles. The minimum Gasteiger partial charge on any atom is -0.393 e. The van der Waals surface area contributed by atoms with Gasteiger partial charge >= 0.3 is 0 Å². The number of aliphatic hydroxyl groups is 2. The molecule has 0 radical (unpaired) electrons. The molecule has 5 nitrogen and oxygen atoms in total. The van der Waals surface area contributed by atoms with Crippen LogP contribution in [0.2, 0.25) is 0 Å². The average molecular weight is 267 g/mol. The molecule has 1 atom stereocenters. The Bertz CT molecular complexity index is 566. The molecular formula is C12H17N3O2S. The highest BCUT2D eigenvalue weighted by Crippen LogP contribution is 2.32. The molecule has 0 spiro atoms. The Labute approximate surface area is 110 Å². The number of aromatic nitrogens is 2. The maximum Gasteiger partial charge on any atom is 0.138 e. The van der Waals surface area contributed by atoms with Crippen molar-refractivity contribution in [3.05, 3.63) is 16.8 Å². The molecule has 0 fully saturated rings. The minimum atomic E-state index is -1.16. The molecule has 18 heavy (non-hydrogen) atoms. The molecule has 1 unspecified atom stereocenters. The first-order valence-electron chi connectivity index (χ1n) is 5.72. The smallest absolute Gasteiger partial charge is 0.138 e. The van der Waals surface area contributed by atoms with Crippen molar-refractivity contribution >= 4 is 27.4 Å². The van der Waals surface area contributed by atoms with Gasteiger partial charge in [0, 0.05) is 11.4 Å². The summed E-state index contributed by atoms with van der Waals surface area (Å²) in [6.07, 6.45) is 1.51. The quantitative estimate of drug-likeness (QED) is 0.781. The number of aliphatic hydroxyl groups excluding tert-OH is 1. The summed E-state index contributed by atoms with van der Waals surface area (Å²) < 4.78 is 0. The van der Waals surface area contributed by atoms with Gasteiger partial charge in [0.15, 0.2) is 0 Å². The minimum absolute atomic E-state index is 0.240. The van der Waals surface area contributed by atoms with Gasteiger partial charge < -0.3 is 15.5 Å². The zero-order valence-corrected chi connectivity index (χ0v) is 11.5. The van der Waals surface area contributed by atoms with Crippen molar-refractivity contribution in [1.29, 1.82) is 0 Å². The predicted molar refractivity (Wildman–Crippen MR) is 73.1 cm³/mol.